The Balaban J connectivity index is 1.20. The van der Waals surface area contributed by atoms with Crippen LogP contribution in [0, 0.1) is 5.82 Å². The number of hydrogen-bond donors (Lipinski definition) is 1. The SMILES string of the molecule is COc1ccc(OC2CCN(C(=O)c3ccc(C(=O)NCCOc4ccc(F)cc4)nc3)CC2)cc1. The van der Waals surface area contributed by atoms with Crippen molar-refractivity contribution in [3.63, 3.8) is 0 Å². The van der Waals surface area contributed by atoms with E-state index in [0.717, 1.165) is 24.3 Å². The van der Waals surface area contributed by atoms with E-state index in [-0.39, 0.29) is 42.6 Å². The van der Waals surface area contributed by atoms with Gasteiger partial charge in [0.05, 0.1) is 19.2 Å². The second kappa shape index (κ2) is 12.0. The van der Waals surface area contributed by atoms with E-state index >= 15 is 0 Å². The molecule has 0 aliphatic carbocycles. The zero-order valence-corrected chi connectivity index (χ0v) is 20.0. The van der Waals surface area contributed by atoms with Crippen LogP contribution in [0.15, 0.2) is 66.9 Å². The molecule has 0 bridgehead atoms. The topological polar surface area (TPSA) is 90.0 Å². The lowest BCUT2D eigenvalue weighted by Crippen LogP contribution is -2.41. The molecule has 2 amide bonds. The Kier molecular flexibility index (Phi) is 8.33. The van der Waals surface area contributed by atoms with Crippen LogP contribution in [-0.2, 0) is 0 Å². The number of amides is 2. The quantitative estimate of drug-likeness (QED) is 0.457. The highest BCUT2D eigenvalue weighted by molar-refractivity contribution is 5.96. The van der Waals surface area contributed by atoms with E-state index in [1.807, 2.05) is 24.3 Å². The molecule has 0 atom stereocenters. The van der Waals surface area contributed by atoms with Crippen molar-refractivity contribution >= 4 is 11.8 Å². The number of nitrogens with one attached hydrogen (secondary N) is 1. The molecule has 0 saturated carbocycles. The monoisotopic (exact) mass is 493 g/mol. The fourth-order valence-electron chi connectivity index (χ4n) is 3.82. The van der Waals surface area contributed by atoms with Crippen LogP contribution in [0.3, 0.4) is 0 Å². The molecule has 0 radical (unpaired) electrons. The van der Waals surface area contributed by atoms with Crippen molar-refractivity contribution in [3.05, 3.63) is 83.9 Å². The highest BCUT2D eigenvalue weighted by Gasteiger charge is 2.25. The molecule has 2 heterocycles. The Morgan fingerprint density at radius 2 is 1.64 bits per heavy atom. The van der Waals surface area contributed by atoms with Crippen molar-refractivity contribution in [3.8, 4) is 17.2 Å². The first-order valence-corrected chi connectivity index (χ1v) is 11.7. The molecular weight excluding hydrogens is 465 g/mol. The number of hydrogen-bond acceptors (Lipinski definition) is 6. The van der Waals surface area contributed by atoms with Crippen LogP contribution in [0.5, 0.6) is 17.2 Å². The number of benzene rings is 2. The van der Waals surface area contributed by atoms with E-state index in [4.69, 9.17) is 14.2 Å². The summed E-state index contributed by atoms with van der Waals surface area (Å²) < 4.78 is 29.5. The van der Waals surface area contributed by atoms with Crippen molar-refractivity contribution in [1.82, 2.24) is 15.2 Å². The number of pyridine rings is 1. The maximum Gasteiger partial charge on any atom is 0.269 e. The molecule has 3 aromatic rings. The Labute approximate surface area is 209 Å². The van der Waals surface area contributed by atoms with Crippen LogP contribution >= 0.6 is 0 Å². The van der Waals surface area contributed by atoms with Crippen LogP contribution in [0.2, 0.25) is 0 Å². The Bertz CT molecular complexity index is 1150. The minimum atomic E-state index is -0.367. The van der Waals surface area contributed by atoms with E-state index < -0.39 is 0 Å². The van der Waals surface area contributed by atoms with E-state index in [2.05, 4.69) is 10.3 Å². The number of rotatable bonds is 9. The maximum absolute atomic E-state index is 12.9. The Hall–Kier alpha value is -4.14. The number of carbonyl (C=O) groups is 2. The lowest BCUT2D eigenvalue weighted by atomic mass is 10.1. The molecule has 1 N–H and O–H groups in total. The van der Waals surface area contributed by atoms with Crippen LogP contribution in [0.4, 0.5) is 4.39 Å². The second-order valence-electron chi connectivity index (χ2n) is 8.28. The molecule has 1 fully saturated rings. The van der Waals surface area contributed by atoms with Gasteiger partial charge >= 0.3 is 0 Å². The summed E-state index contributed by atoms with van der Waals surface area (Å²) in [5, 5.41) is 2.71. The first-order valence-electron chi connectivity index (χ1n) is 11.7. The zero-order valence-electron chi connectivity index (χ0n) is 20.0. The maximum atomic E-state index is 12.9. The number of ether oxygens (including phenoxy) is 3. The van der Waals surface area contributed by atoms with Gasteiger partial charge in [-0.15, -0.1) is 0 Å². The highest BCUT2D eigenvalue weighted by Crippen LogP contribution is 2.22. The van der Waals surface area contributed by atoms with Crippen molar-refractivity contribution in [1.29, 1.82) is 0 Å². The van der Waals surface area contributed by atoms with Crippen molar-refractivity contribution < 1.29 is 28.2 Å². The standard InChI is InChI=1S/C27H28FN3O5/c1-34-21-7-9-23(10-8-21)36-24-12-15-31(16-13-24)27(33)19-2-11-25(30-18-19)26(32)29-14-17-35-22-5-3-20(28)4-6-22/h2-11,18,24H,12-17H2,1H3,(H,29,32). The van der Waals surface area contributed by atoms with E-state index in [1.54, 1.807) is 18.1 Å². The third kappa shape index (κ3) is 6.71. The largest absolute Gasteiger partial charge is 0.497 e. The molecule has 0 unspecified atom stereocenters. The second-order valence-corrected chi connectivity index (χ2v) is 8.28. The number of carbonyl (C=O) groups excluding carboxylic acids is 2. The van der Waals surface area contributed by atoms with E-state index in [9.17, 15) is 14.0 Å². The smallest absolute Gasteiger partial charge is 0.269 e. The van der Waals surface area contributed by atoms with Gasteiger partial charge in [0, 0.05) is 32.1 Å². The van der Waals surface area contributed by atoms with Gasteiger partial charge in [0.2, 0.25) is 0 Å². The fraction of sp³-hybridized carbons (Fsp3) is 0.296. The third-order valence-corrected chi connectivity index (χ3v) is 5.80. The lowest BCUT2D eigenvalue weighted by molar-refractivity contribution is 0.0594. The summed E-state index contributed by atoms with van der Waals surface area (Å²) in [7, 11) is 1.62. The van der Waals surface area contributed by atoms with Gasteiger partial charge in [0.25, 0.3) is 11.8 Å². The molecule has 2 aromatic carbocycles. The predicted octanol–water partition coefficient (Wildman–Crippen LogP) is 3.72. The average Bonchev–Trinajstić information content (AvgIpc) is 2.92. The predicted molar refractivity (Wildman–Crippen MR) is 131 cm³/mol. The van der Waals surface area contributed by atoms with Gasteiger partial charge in [-0.3, -0.25) is 14.6 Å². The average molecular weight is 494 g/mol. The molecule has 1 aliphatic heterocycles. The summed E-state index contributed by atoms with van der Waals surface area (Å²) in [6.07, 6.45) is 2.92. The summed E-state index contributed by atoms with van der Waals surface area (Å²) in [6, 6.07) is 16.2. The van der Waals surface area contributed by atoms with Gasteiger partial charge in [-0.25, -0.2) is 4.39 Å². The van der Waals surface area contributed by atoms with Crippen LogP contribution in [0.1, 0.15) is 33.7 Å². The van der Waals surface area contributed by atoms with Gasteiger partial charge in [0.15, 0.2) is 0 Å². The minimum Gasteiger partial charge on any atom is -0.497 e. The molecule has 8 nitrogen and oxygen atoms in total. The number of aromatic nitrogens is 1. The molecule has 1 aliphatic rings. The summed E-state index contributed by atoms with van der Waals surface area (Å²) in [5.41, 5.74) is 0.639. The number of likely N-dealkylation sites (tertiary alicyclic amines) is 1. The summed E-state index contributed by atoms with van der Waals surface area (Å²) in [5.74, 6) is 1.24. The van der Waals surface area contributed by atoms with Gasteiger partial charge < -0.3 is 24.4 Å². The number of halogens is 1. The molecule has 4 rings (SSSR count). The van der Waals surface area contributed by atoms with Gasteiger partial charge in [-0.05, 0) is 60.7 Å². The molecular formula is C27H28FN3O5. The Morgan fingerprint density at radius 1 is 0.972 bits per heavy atom. The van der Waals surface area contributed by atoms with Gasteiger partial charge in [-0.2, -0.15) is 0 Å². The van der Waals surface area contributed by atoms with Crippen molar-refractivity contribution in [2.75, 3.05) is 33.4 Å². The van der Waals surface area contributed by atoms with Crippen molar-refractivity contribution in [2.45, 2.75) is 18.9 Å². The minimum absolute atomic E-state index is 0.0404. The molecule has 0 spiro atoms. The van der Waals surface area contributed by atoms with E-state index in [0.29, 0.717) is 24.4 Å². The molecule has 1 aromatic heterocycles. The first-order chi connectivity index (χ1) is 17.5. The molecule has 188 valence electrons. The van der Waals surface area contributed by atoms with Gasteiger partial charge in [0.1, 0.15) is 41.5 Å². The van der Waals surface area contributed by atoms with Gasteiger partial charge in [-0.1, -0.05) is 0 Å². The first kappa shape index (κ1) is 25.0. The van der Waals surface area contributed by atoms with Crippen LogP contribution in [-0.4, -0.2) is 61.2 Å². The number of nitrogens with zero attached hydrogens (tertiary/aromatic N) is 2. The number of methoxy groups -OCH3 is 1. The van der Waals surface area contributed by atoms with E-state index in [1.165, 1.54) is 36.5 Å². The van der Waals surface area contributed by atoms with Crippen LogP contribution in [0.25, 0.3) is 0 Å². The van der Waals surface area contributed by atoms with Crippen molar-refractivity contribution in [2.24, 2.45) is 0 Å². The normalized spacial score (nSPS) is 13.7. The summed E-state index contributed by atoms with van der Waals surface area (Å²) in [4.78, 5) is 31.1. The lowest BCUT2D eigenvalue weighted by Gasteiger charge is -2.32. The fourth-order valence-corrected chi connectivity index (χ4v) is 3.82. The van der Waals surface area contributed by atoms with Crippen LogP contribution < -0.4 is 19.5 Å². The molecule has 1 saturated heterocycles. The molecule has 36 heavy (non-hydrogen) atoms. The molecule has 9 heteroatoms. The Morgan fingerprint density at radius 3 is 2.28 bits per heavy atom. The highest BCUT2D eigenvalue weighted by atomic mass is 19.1. The number of piperidine rings is 1. The third-order valence-electron chi connectivity index (χ3n) is 5.80. The summed E-state index contributed by atoms with van der Waals surface area (Å²) in [6.45, 7) is 1.64. The zero-order chi connectivity index (χ0) is 25.3. The summed E-state index contributed by atoms with van der Waals surface area (Å²) >= 11 is 0.